The third-order valence-corrected chi connectivity index (χ3v) is 4.70. The highest BCUT2D eigenvalue weighted by Gasteiger charge is 2.37. The van der Waals surface area contributed by atoms with E-state index in [1.807, 2.05) is 18.2 Å². The van der Waals surface area contributed by atoms with Gasteiger partial charge in [0.15, 0.2) is 5.58 Å². The van der Waals surface area contributed by atoms with E-state index in [-0.39, 0.29) is 32.7 Å². The lowest BCUT2D eigenvalue weighted by molar-refractivity contribution is -0.152. The first-order valence-corrected chi connectivity index (χ1v) is 9.63. The molecule has 0 spiro atoms. The monoisotopic (exact) mass is 435 g/mol. The Hall–Kier alpha value is -2.72. The smallest absolute Gasteiger partial charge is 0.328 e. The van der Waals surface area contributed by atoms with E-state index < -0.39 is 18.1 Å². The number of carbonyl (C=O) groups excluding carboxylic acids is 1. The molecular weight excluding hydrogens is 414 g/mol. The number of pyridine rings is 1. The predicted octanol–water partition coefficient (Wildman–Crippen LogP) is 1.61. The van der Waals surface area contributed by atoms with E-state index >= 15 is 0 Å². The zero-order chi connectivity index (χ0) is 21.6. The van der Waals surface area contributed by atoms with Crippen molar-refractivity contribution in [3.8, 4) is 5.75 Å². The van der Waals surface area contributed by atoms with E-state index in [1.165, 1.54) is 0 Å². The van der Waals surface area contributed by atoms with Crippen molar-refractivity contribution < 1.29 is 29.0 Å². The summed E-state index contributed by atoms with van der Waals surface area (Å²) in [5.74, 6) is -0.405. The molecule has 1 aromatic carbocycles. The summed E-state index contributed by atoms with van der Waals surface area (Å²) in [5, 5.41) is 23.3. The summed E-state index contributed by atoms with van der Waals surface area (Å²) in [5.41, 5.74) is 5.82. The normalized spacial score (nSPS) is 13.2. The maximum atomic E-state index is 12.3. The molecule has 1 unspecified atom stereocenters. The van der Waals surface area contributed by atoms with Gasteiger partial charge in [-0.25, -0.2) is 4.79 Å². The van der Waals surface area contributed by atoms with Crippen LogP contribution < -0.4 is 10.5 Å². The largest absolute Gasteiger partial charge is 0.486 e. The van der Waals surface area contributed by atoms with Crippen molar-refractivity contribution in [1.29, 1.82) is 0 Å². The average molecular weight is 436 g/mol. The Balaban J connectivity index is 1.77. The number of aliphatic hydroxyl groups excluding tert-OH is 2. The predicted molar refractivity (Wildman–Crippen MR) is 108 cm³/mol. The van der Waals surface area contributed by atoms with Gasteiger partial charge in [0, 0.05) is 37.1 Å². The van der Waals surface area contributed by atoms with E-state index in [1.54, 1.807) is 18.3 Å². The number of rotatable bonds is 10. The quantitative estimate of drug-likeness (QED) is 0.320. The standard InChI is InChI=1S/C20H22ClN3O6/c21-15-8-14-16(10-20(22,12-26)19(27)28-7-3-6-25)24-30-17(14)9-18(15)29-11-13-4-1-2-5-23-13/h1-2,4-5,8-9,25-26H,3,6-7,10-12,22H2. The van der Waals surface area contributed by atoms with Crippen molar-refractivity contribution in [2.45, 2.75) is 25.0 Å². The summed E-state index contributed by atoms with van der Waals surface area (Å²) < 4.78 is 16.1. The Bertz CT molecular complexity index is 997. The number of aromatic nitrogens is 2. The maximum absolute atomic E-state index is 12.3. The molecule has 0 aliphatic carbocycles. The van der Waals surface area contributed by atoms with Gasteiger partial charge < -0.3 is 29.9 Å². The van der Waals surface area contributed by atoms with Gasteiger partial charge in [-0.1, -0.05) is 22.8 Å². The highest BCUT2D eigenvalue weighted by atomic mass is 35.5. The minimum absolute atomic E-state index is 0.00333. The molecule has 0 saturated heterocycles. The van der Waals surface area contributed by atoms with Gasteiger partial charge >= 0.3 is 5.97 Å². The minimum Gasteiger partial charge on any atom is -0.486 e. The molecule has 0 radical (unpaired) electrons. The van der Waals surface area contributed by atoms with Crippen molar-refractivity contribution >= 4 is 28.5 Å². The topological polar surface area (TPSA) is 141 Å². The molecule has 0 aliphatic rings. The van der Waals surface area contributed by atoms with Gasteiger partial charge in [0.1, 0.15) is 17.9 Å². The van der Waals surface area contributed by atoms with Crippen LogP contribution in [0.1, 0.15) is 17.8 Å². The molecular formula is C20H22ClN3O6. The van der Waals surface area contributed by atoms with E-state index in [2.05, 4.69) is 10.1 Å². The molecule has 10 heteroatoms. The number of ether oxygens (including phenoxy) is 2. The maximum Gasteiger partial charge on any atom is 0.328 e. The molecule has 0 saturated carbocycles. The van der Waals surface area contributed by atoms with Gasteiger partial charge in [-0.3, -0.25) is 4.98 Å². The number of benzene rings is 1. The lowest BCUT2D eigenvalue weighted by Gasteiger charge is -2.24. The average Bonchev–Trinajstić information content (AvgIpc) is 3.13. The third-order valence-electron chi connectivity index (χ3n) is 4.41. The highest BCUT2D eigenvalue weighted by molar-refractivity contribution is 6.32. The van der Waals surface area contributed by atoms with Crippen molar-refractivity contribution in [2.75, 3.05) is 19.8 Å². The zero-order valence-corrected chi connectivity index (χ0v) is 16.8. The molecule has 2 aromatic heterocycles. The van der Waals surface area contributed by atoms with Crippen LogP contribution in [0.4, 0.5) is 0 Å². The number of halogens is 1. The fourth-order valence-corrected chi connectivity index (χ4v) is 2.95. The summed E-state index contributed by atoms with van der Waals surface area (Å²) in [4.78, 5) is 16.5. The molecule has 0 fully saturated rings. The number of carbonyl (C=O) groups is 1. The summed E-state index contributed by atoms with van der Waals surface area (Å²) in [6.45, 7) is -0.556. The molecule has 160 valence electrons. The first-order chi connectivity index (χ1) is 14.5. The lowest BCUT2D eigenvalue weighted by Crippen LogP contribution is -2.54. The number of fused-ring (bicyclic) bond motifs is 1. The molecule has 3 aromatic rings. The van der Waals surface area contributed by atoms with Gasteiger partial charge in [0.2, 0.25) is 0 Å². The second-order valence-corrected chi connectivity index (χ2v) is 7.13. The highest BCUT2D eigenvalue weighted by Crippen LogP contribution is 2.33. The van der Waals surface area contributed by atoms with Crippen LogP contribution in [0.25, 0.3) is 11.0 Å². The Kier molecular flexibility index (Phi) is 7.22. The van der Waals surface area contributed by atoms with Crippen LogP contribution in [0, 0.1) is 0 Å². The van der Waals surface area contributed by atoms with Gasteiger partial charge in [-0.15, -0.1) is 0 Å². The van der Waals surface area contributed by atoms with Crippen molar-refractivity contribution in [3.63, 3.8) is 0 Å². The Morgan fingerprint density at radius 2 is 2.13 bits per heavy atom. The molecule has 0 bridgehead atoms. The van der Waals surface area contributed by atoms with Crippen LogP contribution in [-0.2, 0) is 22.6 Å². The molecule has 30 heavy (non-hydrogen) atoms. The molecule has 1 atom stereocenters. The molecule has 4 N–H and O–H groups in total. The zero-order valence-electron chi connectivity index (χ0n) is 16.1. The molecule has 0 amide bonds. The number of aliphatic hydroxyl groups is 2. The van der Waals surface area contributed by atoms with Crippen LogP contribution in [0.2, 0.25) is 5.02 Å². The van der Waals surface area contributed by atoms with Crippen molar-refractivity contribution in [2.24, 2.45) is 5.73 Å². The fourth-order valence-electron chi connectivity index (χ4n) is 2.73. The Labute approximate surface area is 177 Å². The number of esters is 1. The van der Waals surface area contributed by atoms with Crippen LogP contribution in [-0.4, -0.2) is 51.7 Å². The Morgan fingerprint density at radius 3 is 2.83 bits per heavy atom. The van der Waals surface area contributed by atoms with E-state index in [0.717, 1.165) is 5.69 Å². The summed E-state index contributed by atoms with van der Waals surface area (Å²) in [7, 11) is 0. The van der Waals surface area contributed by atoms with Crippen LogP contribution in [0.5, 0.6) is 5.75 Å². The van der Waals surface area contributed by atoms with Crippen molar-refractivity contribution in [3.05, 3.63) is 52.9 Å². The summed E-state index contributed by atoms with van der Waals surface area (Å²) >= 11 is 6.34. The van der Waals surface area contributed by atoms with Crippen LogP contribution in [0.3, 0.4) is 0 Å². The van der Waals surface area contributed by atoms with Crippen LogP contribution in [0.15, 0.2) is 41.1 Å². The fraction of sp³-hybridized carbons (Fsp3) is 0.350. The second-order valence-electron chi connectivity index (χ2n) is 6.72. The summed E-state index contributed by atoms with van der Waals surface area (Å²) in [6, 6.07) is 8.69. The molecule has 0 aliphatic heterocycles. The lowest BCUT2D eigenvalue weighted by atomic mass is 9.94. The van der Waals surface area contributed by atoms with E-state index in [0.29, 0.717) is 27.4 Å². The first kappa shape index (κ1) is 22.0. The van der Waals surface area contributed by atoms with Gasteiger partial charge in [0.05, 0.1) is 29.6 Å². The van der Waals surface area contributed by atoms with Gasteiger partial charge in [-0.2, -0.15) is 0 Å². The summed E-state index contributed by atoms with van der Waals surface area (Å²) in [6.07, 6.45) is 1.82. The number of nitrogens with zero attached hydrogens (tertiary/aromatic N) is 2. The number of nitrogens with two attached hydrogens (primary N) is 1. The van der Waals surface area contributed by atoms with Crippen LogP contribution >= 0.6 is 11.6 Å². The van der Waals surface area contributed by atoms with E-state index in [4.69, 9.17) is 36.4 Å². The SMILES string of the molecule is NC(CO)(Cc1noc2cc(OCc3ccccn3)c(Cl)cc12)C(=O)OCCCO. The minimum atomic E-state index is -1.71. The molecule has 3 rings (SSSR count). The number of hydrogen-bond donors (Lipinski definition) is 3. The van der Waals surface area contributed by atoms with Crippen molar-refractivity contribution in [1.82, 2.24) is 10.1 Å². The van der Waals surface area contributed by atoms with Gasteiger partial charge in [0.25, 0.3) is 0 Å². The first-order valence-electron chi connectivity index (χ1n) is 9.25. The number of hydrogen-bond acceptors (Lipinski definition) is 9. The van der Waals surface area contributed by atoms with E-state index in [9.17, 15) is 9.90 Å². The molecule has 9 nitrogen and oxygen atoms in total. The van der Waals surface area contributed by atoms with Gasteiger partial charge in [-0.05, 0) is 18.2 Å². The Morgan fingerprint density at radius 1 is 1.30 bits per heavy atom. The third kappa shape index (κ3) is 5.06. The second kappa shape index (κ2) is 9.86. The molecule has 2 heterocycles.